The van der Waals surface area contributed by atoms with E-state index in [-0.39, 0.29) is 11.6 Å². The Morgan fingerprint density at radius 2 is 1.28 bits per heavy atom. The number of nitrogens with zero attached hydrogens (tertiary/aromatic N) is 2. The molecule has 3 nitrogen and oxygen atoms in total. The third kappa shape index (κ3) is 3.69. The number of hydrogen-bond acceptors (Lipinski definition) is 3. The third-order valence-electron chi connectivity index (χ3n) is 5.72. The van der Waals surface area contributed by atoms with Crippen molar-refractivity contribution in [1.82, 2.24) is 0 Å². The van der Waals surface area contributed by atoms with Gasteiger partial charge in [0.2, 0.25) is 0 Å². The number of rotatable bonds is 3. The van der Waals surface area contributed by atoms with E-state index in [9.17, 15) is 5.11 Å². The van der Waals surface area contributed by atoms with Crippen molar-refractivity contribution in [2.24, 2.45) is 0 Å². The molecule has 1 saturated heterocycles. The number of aryl methyl sites for hydroxylation is 1. The van der Waals surface area contributed by atoms with Crippen LogP contribution in [0.25, 0.3) is 0 Å². The van der Waals surface area contributed by atoms with Gasteiger partial charge in [-0.15, -0.1) is 0 Å². The van der Waals surface area contributed by atoms with E-state index in [0.29, 0.717) is 5.75 Å². The zero-order valence-corrected chi connectivity index (χ0v) is 17.8. The molecule has 4 rings (SSSR count). The van der Waals surface area contributed by atoms with E-state index >= 15 is 0 Å². The van der Waals surface area contributed by atoms with Gasteiger partial charge in [0, 0.05) is 30.0 Å². The molecule has 3 heteroatoms. The lowest BCUT2D eigenvalue weighted by molar-refractivity contribution is 0.434. The highest BCUT2D eigenvalue weighted by atomic mass is 16.3. The van der Waals surface area contributed by atoms with Gasteiger partial charge < -0.3 is 14.9 Å². The van der Waals surface area contributed by atoms with Gasteiger partial charge in [-0.3, -0.25) is 0 Å². The van der Waals surface area contributed by atoms with Crippen molar-refractivity contribution in [1.29, 1.82) is 0 Å². The SMILES string of the molecule is Cc1cc(C2N(c3ccccc3)CCN2c2ccccc2)c(O)c(C(C)(C)C)c1. The summed E-state index contributed by atoms with van der Waals surface area (Å²) in [7, 11) is 0. The van der Waals surface area contributed by atoms with Crippen LogP contribution in [0.15, 0.2) is 72.8 Å². The molecule has 0 bridgehead atoms. The minimum Gasteiger partial charge on any atom is -0.507 e. The largest absolute Gasteiger partial charge is 0.507 e. The Kier molecular flexibility index (Phi) is 4.99. The van der Waals surface area contributed by atoms with Crippen molar-refractivity contribution in [2.75, 3.05) is 22.9 Å². The van der Waals surface area contributed by atoms with Crippen LogP contribution in [0.4, 0.5) is 11.4 Å². The molecule has 3 aromatic rings. The van der Waals surface area contributed by atoms with Crippen LogP contribution >= 0.6 is 0 Å². The molecule has 1 N–H and O–H groups in total. The summed E-state index contributed by atoms with van der Waals surface area (Å²) in [5.74, 6) is 0.414. The average molecular weight is 387 g/mol. The standard InChI is InChI=1S/C26H30N2O/c1-19-17-22(24(29)23(18-19)26(2,3)4)25-27(20-11-7-5-8-12-20)15-16-28(25)21-13-9-6-10-14-21/h5-14,17-18,25,29H,15-16H2,1-4H3. The molecule has 0 aliphatic carbocycles. The summed E-state index contributed by atoms with van der Waals surface area (Å²) in [6, 6.07) is 25.3. The highest BCUT2D eigenvalue weighted by Crippen LogP contribution is 2.44. The molecule has 1 fully saturated rings. The maximum Gasteiger partial charge on any atom is 0.132 e. The number of phenols is 1. The van der Waals surface area contributed by atoms with Gasteiger partial charge >= 0.3 is 0 Å². The second-order valence-corrected chi connectivity index (χ2v) is 8.93. The first kappa shape index (κ1) is 19.4. The molecule has 0 spiro atoms. The first-order valence-electron chi connectivity index (χ1n) is 10.3. The fourth-order valence-corrected chi connectivity index (χ4v) is 4.32. The van der Waals surface area contributed by atoms with Gasteiger partial charge in [0.1, 0.15) is 11.9 Å². The zero-order valence-electron chi connectivity index (χ0n) is 17.8. The molecule has 0 radical (unpaired) electrons. The van der Waals surface area contributed by atoms with Crippen LogP contribution in [-0.4, -0.2) is 18.2 Å². The van der Waals surface area contributed by atoms with Crippen LogP contribution in [0.2, 0.25) is 0 Å². The minimum atomic E-state index is -0.126. The van der Waals surface area contributed by atoms with E-state index in [1.54, 1.807) is 0 Å². The van der Waals surface area contributed by atoms with Gasteiger partial charge in [0.25, 0.3) is 0 Å². The number of para-hydroxylation sites is 2. The van der Waals surface area contributed by atoms with Gasteiger partial charge in [-0.25, -0.2) is 0 Å². The van der Waals surface area contributed by atoms with E-state index in [1.807, 2.05) is 12.1 Å². The normalized spacial score (nSPS) is 15.2. The Hall–Kier alpha value is -2.94. The maximum atomic E-state index is 11.4. The van der Waals surface area contributed by atoms with Crippen molar-refractivity contribution in [3.63, 3.8) is 0 Å². The van der Waals surface area contributed by atoms with Gasteiger partial charge in [-0.2, -0.15) is 0 Å². The molecule has 29 heavy (non-hydrogen) atoms. The molecule has 0 saturated carbocycles. The first-order valence-corrected chi connectivity index (χ1v) is 10.3. The van der Waals surface area contributed by atoms with Gasteiger partial charge in [-0.05, 0) is 48.2 Å². The lowest BCUT2D eigenvalue weighted by Gasteiger charge is -2.35. The summed E-state index contributed by atoms with van der Waals surface area (Å²) >= 11 is 0. The molecule has 0 aromatic heterocycles. The Balaban J connectivity index is 1.89. The van der Waals surface area contributed by atoms with E-state index in [0.717, 1.165) is 24.2 Å². The number of aromatic hydroxyl groups is 1. The number of benzene rings is 3. The van der Waals surface area contributed by atoms with Crippen molar-refractivity contribution in [3.05, 3.63) is 89.5 Å². The highest BCUT2D eigenvalue weighted by Gasteiger charge is 2.36. The molecular formula is C26H30N2O. The molecule has 0 amide bonds. The molecule has 1 aliphatic rings. The second kappa shape index (κ2) is 7.47. The van der Waals surface area contributed by atoms with Crippen molar-refractivity contribution in [2.45, 2.75) is 39.3 Å². The van der Waals surface area contributed by atoms with E-state index < -0.39 is 0 Å². The summed E-state index contributed by atoms with van der Waals surface area (Å²) in [5.41, 5.74) is 5.37. The Labute approximate surface area is 174 Å². The fraction of sp³-hybridized carbons (Fsp3) is 0.308. The number of hydrogen-bond donors (Lipinski definition) is 1. The first-order chi connectivity index (χ1) is 13.9. The van der Waals surface area contributed by atoms with Crippen LogP contribution < -0.4 is 9.80 Å². The molecule has 0 atom stereocenters. The lowest BCUT2D eigenvalue weighted by Crippen LogP contribution is -2.31. The lowest BCUT2D eigenvalue weighted by atomic mass is 9.83. The van der Waals surface area contributed by atoms with Crippen molar-refractivity contribution in [3.8, 4) is 5.75 Å². The van der Waals surface area contributed by atoms with Gasteiger partial charge in [0.05, 0.1) is 0 Å². The summed E-state index contributed by atoms with van der Waals surface area (Å²) in [5, 5.41) is 11.4. The van der Waals surface area contributed by atoms with E-state index in [4.69, 9.17) is 0 Å². The Morgan fingerprint density at radius 1 is 0.793 bits per heavy atom. The second-order valence-electron chi connectivity index (χ2n) is 8.93. The fourth-order valence-electron chi connectivity index (χ4n) is 4.32. The predicted molar refractivity (Wildman–Crippen MR) is 122 cm³/mol. The monoisotopic (exact) mass is 386 g/mol. The molecule has 0 unspecified atom stereocenters. The molecule has 1 aliphatic heterocycles. The summed E-state index contributed by atoms with van der Waals surface area (Å²) in [6.45, 7) is 10.4. The van der Waals surface area contributed by atoms with Crippen LogP contribution in [0, 0.1) is 6.92 Å². The summed E-state index contributed by atoms with van der Waals surface area (Å²) < 4.78 is 0. The summed E-state index contributed by atoms with van der Waals surface area (Å²) in [6.07, 6.45) is -0.0548. The molecular weight excluding hydrogens is 356 g/mol. The highest BCUT2D eigenvalue weighted by molar-refractivity contribution is 5.62. The quantitative estimate of drug-likeness (QED) is 0.596. The van der Waals surface area contributed by atoms with Crippen LogP contribution in [0.1, 0.15) is 43.6 Å². The van der Waals surface area contributed by atoms with E-state index in [1.165, 1.54) is 16.9 Å². The maximum absolute atomic E-state index is 11.4. The average Bonchev–Trinajstić information content (AvgIpc) is 3.15. The van der Waals surface area contributed by atoms with Crippen LogP contribution in [-0.2, 0) is 5.41 Å². The van der Waals surface area contributed by atoms with Gasteiger partial charge in [-0.1, -0.05) is 68.8 Å². The summed E-state index contributed by atoms with van der Waals surface area (Å²) in [4.78, 5) is 4.79. The smallest absolute Gasteiger partial charge is 0.132 e. The van der Waals surface area contributed by atoms with Crippen molar-refractivity contribution >= 4 is 11.4 Å². The minimum absolute atomic E-state index is 0.0548. The Morgan fingerprint density at radius 3 is 1.72 bits per heavy atom. The predicted octanol–water partition coefficient (Wildman–Crippen LogP) is 6.02. The number of anilines is 2. The van der Waals surface area contributed by atoms with Crippen molar-refractivity contribution < 1.29 is 5.11 Å². The van der Waals surface area contributed by atoms with Crippen LogP contribution in [0.3, 0.4) is 0 Å². The van der Waals surface area contributed by atoms with Gasteiger partial charge in [0.15, 0.2) is 0 Å². The Bertz CT molecular complexity index is 929. The topological polar surface area (TPSA) is 26.7 Å². The van der Waals surface area contributed by atoms with Crippen LogP contribution in [0.5, 0.6) is 5.75 Å². The zero-order chi connectivity index (χ0) is 20.6. The molecule has 150 valence electrons. The molecule has 1 heterocycles. The molecule has 3 aromatic carbocycles. The number of phenolic OH excluding ortho intramolecular Hbond substituents is 1. The van der Waals surface area contributed by atoms with E-state index in [2.05, 4.69) is 98.2 Å². The third-order valence-corrected chi connectivity index (χ3v) is 5.72.